The zero-order valence-electron chi connectivity index (χ0n) is 18.5. The molecule has 6 nitrogen and oxygen atoms in total. The van der Waals surface area contributed by atoms with Gasteiger partial charge in [-0.25, -0.2) is 8.42 Å². The summed E-state index contributed by atoms with van der Waals surface area (Å²) in [6, 6.07) is 18.0. The number of ether oxygens (including phenoxy) is 1. The second kappa shape index (κ2) is 11.6. The van der Waals surface area contributed by atoms with E-state index in [1.165, 1.54) is 18.2 Å². The van der Waals surface area contributed by atoms with Gasteiger partial charge >= 0.3 is 0 Å². The average molecular weight is 586 g/mol. The molecule has 180 valence electrons. The molecule has 1 N–H and O–H groups in total. The molecular weight excluding hydrogens is 563 g/mol. The van der Waals surface area contributed by atoms with Crippen LogP contribution in [-0.2, 0) is 21.4 Å². The Morgan fingerprint density at radius 1 is 1.06 bits per heavy atom. The first kappa shape index (κ1) is 26.5. The van der Waals surface area contributed by atoms with Crippen LogP contribution in [0.1, 0.15) is 24.1 Å². The van der Waals surface area contributed by atoms with Crippen LogP contribution < -0.4 is 10.1 Å². The zero-order valence-corrected chi connectivity index (χ0v) is 22.4. The van der Waals surface area contributed by atoms with Crippen molar-refractivity contribution in [2.45, 2.75) is 24.4 Å². The fourth-order valence-corrected chi connectivity index (χ4v) is 5.35. The number of nitrogens with one attached hydrogen (secondary N) is 1. The Bertz CT molecular complexity index is 1250. The summed E-state index contributed by atoms with van der Waals surface area (Å²) in [6.45, 7) is 1.33. The Balaban J connectivity index is 1.84. The van der Waals surface area contributed by atoms with Gasteiger partial charge in [0.1, 0.15) is 5.75 Å². The van der Waals surface area contributed by atoms with Crippen molar-refractivity contribution < 1.29 is 17.9 Å². The molecule has 3 aromatic rings. The summed E-state index contributed by atoms with van der Waals surface area (Å²) in [4.78, 5) is 13.0. The number of methoxy groups -OCH3 is 1. The Labute approximate surface area is 218 Å². The second-order valence-electron chi connectivity index (χ2n) is 7.53. The van der Waals surface area contributed by atoms with Crippen LogP contribution in [0.3, 0.4) is 0 Å². The quantitative estimate of drug-likeness (QED) is 0.343. The Morgan fingerprint density at radius 3 is 2.29 bits per heavy atom. The highest BCUT2D eigenvalue weighted by Gasteiger charge is 2.28. The summed E-state index contributed by atoms with van der Waals surface area (Å²) in [6.07, 6.45) is 0. The van der Waals surface area contributed by atoms with Gasteiger partial charge in [-0.15, -0.1) is 0 Å². The fourth-order valence-electron chi connectivity index (χ4n) is 3.24. The highest BCUT2D eigenvalue weighted by atomic mass is 79.9. The van der Waals surface area contributed by atoms with Crippen molar-refractivity contribution in [2.24, 2.45) is 0 Å². The Kier molecular flexibility index (Phi) is 9.01. The number of carbonyl (C=O) groups excluding carboxylic acids is 1. The monoisotopic (exact) mass is 584 g/mol. The van der Waals surface area contributed by atoms with E-state index in [-0.39, 0.29) is 17.5 Å². The van der Waals surface area contributed by atoms with Gasteiger partial charge in [-0.1, -0.05) is 57.3 Å². The molecule has 0 spiro atoms. The number of benzene rings is 3. The minimum absolute atomic E-state index is 0.0665. The van der Waals surface area contributed by atoms with Gasteiger partial charge in [-0.3, -0.25) is 4.79 Å². The molecule has 1 amide bonds. The van der Waals surface area contributed by atoms with Crippen molar-refractivity contribution in [3.63, 3.8) is 0 Å². The summed E-state index contributed by atoms with van der Waals surface area (Å²) >= 11 is 15.6. The smallest absolute Gasteiger partial charge is 0.243 e. The van der Waals surface area contributed by atoms with Gasteiger partial charge in [-0.05, 0) is 66.6 Å². The lowest BCUT2D eigenvalue weighted by Crippen LogP contribution is -2.41. The third kappa shape index (κ3) is 6.73. The molecule has 0 bridgehead atoms. The van der Waals surface area contributed by atoms with Crippen LogP contribution in [-0.4, -0.2) is 32.3 Å². The molecule has 0 radical (unpaired) electrons. The molecule has 0 aliphatic heterocycles. The van der Waals surface area contributed by atoms with E-state index in [9.17, 15) is 13.2 Å². The lowest BCUT2D eigenvalue weighted by molar-refractivity contribution is -0.122. The van der Waals surface area contributed by atoms with Crippen LogP contribution in [0.5, 0.6) is 5.75 Å². The number of sulfonamides is 1. The van der Waals surface area contributed by atoms with Crippen LogP contribution in [0, 0.1) is 0 Å². The van der Waals surface area contributed by atoms with E-state index in [4.69, 9.17) is 27.9 Å². The molecule has 0 aliphatic carbocycles. The van der Waals surface area contributed by atoms with Gasteiger partial charge in [0.25, 0.3) is 0 Å². The van der Waals surface area contributed by atoms with E-state index in [1.54, 1.807) is 43.5 Å². The first-order valence-corrected chi connectivity index (χ1v) is 13.2. The molecule has 3 aromatic carbocycles. The molecular formula is C24H23BrCl2N2O4S. The molecule has 0 heterocycles. The minimum atomic E-state index is -4.00. The van der Waals surface area contributed by atoms with Crippen molar-refractivity contribution >= 4 is 55.1 Å². The van der Waals surface area contributed by atoms with E-state index in [2.05, 4.69) is 21.2 Å². The summed E-state index contributed by atoms with van der Waals surface area (Å²) in [5.41, 5.74) is 1.39. The van der Waals surface area contributed by atoms with Crippen molar-refractivity contribution in [3.05, 3.63) is 92.4 Å². The maximum absolute atomic E-state index is 13.4. The largest absolute Gasteiger partial charge is 0.497 e. The van der Waals surface area contributed by atoms with Crippen molar-refractivity contribution in [3.8, 4) is 5.75 Å². The van der Waals surface area contributed by atoms with Crippen LogP contribution in [0.4, 0.5) is 0 Å². The number of nitrogens with zero attached hydrogens (tertiary/aromatic N) is 1. The van der Waals surface area contributed by atoms with Crippen LogP contribution >= 0.6 is 39.1 Å². The second-order valence-corrected chi connectivity index (χ2v) is 11.2. The number of amides is 1. The van der Waals surface area contributed by atoms with Crippen molar-refractivity contribution in [1.29, 1.82) is 0 Å². The Morgan fingerprint density at radius 2 is 1.71 bits per heavy atom. The predicted octanol–water partition coefficient (Wildman–Crippen LogP) is 5.83. The van der Waals surface area contributed by atoms with Gasteiger partial charge in [0, 0.05) is 21.1 Å². The molecule has 1 atom stereocenters. The predicted molar refractivity (Wildman–Crippen MR) is 138 cm³/mol. The molecule has 0 aliphatic rings. The summed E-state index contributed by atoms with van der Waals surface area (Å²) in [5.74, 6) is 0.253. The first-order chi connectivity index (χ1) is 16.1. The molecule has 0 fully saturated rings. The molecule has 0 unspecified atom stereocenters. The molecule has 0 saturated heterocycles. The number of carbonyl (C=O) groups is 1. The number of halogens is 3. The van der Waals surface area contributed by atoms with E-state index < -0.39 is 22.5 Å². The highest BCUT2D eigenvalue weighted by molar-refractivity contribution is 9.10. The fraction of sp³-hybridized carbons (Fsp3) is 0.208. The zero-order chi connectivity index (χ0) is 24.9. The molecule has 34 heavy (non-hydrogen) atoms. The van der Waals surface area contributed by atoms with E-state index >= 15 is 0 Å². The third-order valence-electron chi connectivity index (χ3n) is 5.13. The van der Waals surface area contributed by atoms with Gasteiger partial charge < -0.3 is 10.1 Å². The first-order valence-electron chi connectivity index (χ1n) is 10.2. The Hall–Kier alpha value is -2.10. The standard InChI is InChI=1S/C24H23BrCl2N2O4S/c1-16(17-4-9-21(33-2)10-5-17)28-24(30)15-29(14-18-3-8-20(26)13-23(18)27)34(31,32)22-11-6-19(25)7-12-22/h3-13,16H,14-15H2,1-2H3,(H,28,30)/t16-/m0/s1. The molecule has 0 aromatic heterocycles. The normalized spacial score (nSPS) is 12.4. The molecule has 0 saturated carbocycles. The highest BCUT2D eigenvalue weighted by Crippen LogP contribution is 2.26. The number of hydrogen-bond donors (Lipinski definition) is 1. The van der Waals surface area contributed by atoms with Gasteiger partial charge in [0.05, 0.1) is 24.6 Å². The third-order valence-corrected chi connectivity index (χ3v) is 8.05. The van der Waals surface area contributed by atoms with Crippen molar-refractivity contribution in [1.82, 2.24) is 9.62 Å². The average Bonchev–Trinajstić information content (AvgIpc) is 2.80. The van der Waals surface area contributed by atoms with E-state index in [0.717, 1.165) is 14.3 Å². The van der Waals surface area contributed by atoms with E-state index in [1.807, 2.05) is 19.1 Å². The van der Waals surface area contributed by atoms with Gasteiger partial charge in [0.15, 0.2) is 0 Å². The van der Waals surface area contributed by atoms with Crippen LogP contribution in [0.25, 0.3) is 0 Å². The van der Waals surface area contributed by atoms with E-state index in [0.29, 0.717) is 21.4 Å². The SMILES string of the molecule is COc1ccc([C@H](C)NC(=O)CN(Cc2ccc(Cl)cc2Cl)S(=O)(=O)c2ccc(Br)cc2)cc1. The lowest BCUT2D eigenvalue weighted by Gasteiger charge is -2.24. The van der Waals surface area contributed by atoms with Crippen LogP contribution in [0.2, 0.25) is 10.0 Å². The summed E-state index contributed by atoms with van der Waals surface area (Å²) in [7, 11) is -2.43. The number of rotatable bonds is 9. The maximum atomic E-state index is 13.4. The summed E-state index contributed by atoms with van der Waals surface area (Å²) in [5, 5.41) is 3.61. The molecule has 3 rings (SSSR count). The maximum Gasteiger partial charge on any atom is 0.243 e. The van der Waals surface area contributed by atoms with Crippen molar-refractivity contribution in [2.75, 3.05) is 13.7 Å². The topological polar surface area (TPSA) is 75.7 Å². The summed E-state index contributed by atoms with van der Waals surface area (Å²) < 4.78 is 33.9. The van der Waals surface area contributed by atoms with Gasteiger partial charge in [0.2, 0.25) is 15.9 Å². The number of hydrogen-bond acceptors (Lipinski definition) is 4. The minimum Gasteiger partial charge on any atom is -0.497 e. The van der Waals surface area contributed by atoms with Gasteiger partial charge in [-0.2, -0.15) is 4.31 Å². The van der Waals surface area contributed by atoms with Crippen LogP contribution in [0.15, 0.2) is 76.1 Å². The molecule has 10 heteroatoms. The lowest BCUT2D eigenvalue weighted by atomic mass is 10.1.